The normalized spacial score (nSPS) is 8.59. The molecule has 0 saturated carbocycles. The van der Waals surface area contributed by atoms with E-state index in [1.807, 2.05) is 0 Å². The lowest BCUT2D eigenvalue weighted by Gasteiger charge is -2.03. The van der Waals surface area contributed by atoms with Crippen LogP contribution in [-0.2, 0) is 4.74 Å². The van der Waals surface area contributed by atoms with Crippen molar-refractivity contribution < 1.29 is 9.84 Å². The molecule has 4 nitrogen and oxygen atoms in total. The van der Waals surface area contributed by atoms with Crippen molar-refractivity contribution in [3.63, 3.8) is 0 Å². The number of ether oxygens (including phenoxy) is 1. The summed E-state index contributed by atoms with van der Waals surface area (Å²) in [6.45, 7) is 2.95. The molecule has 0 aromatic heterocycles. The van der Waals surface area contributed by atoms with Crippen LogP contribution in [0.1, 0.15) is 86.0 Å². The van der Waals surface area contributed by atoms with Crippen LogP contribution in [0.2, 0.25) is 0 Å². The minimum absolute atomic E-state index is 0. The van der Waals surface area contributed by atoms with Gasteiger partial charge in [0.1, 0.15) is 0 Å². The van der Waals surface area contributed by atoms with Gasteiger partial charge in [-0.1, -0.05) is 79.6 Å². The third-order valence-electron chi connectivity index (χ3n) is 2.74. The van der Waals surface area contributed by atoms with E-state index in [0.29, 0.717) is 6.61 Å². The Labute approximate surface area is 149 Å². The number of hydrogen-bond acceptors (Lipinski definition) is 3. The zero-order chi connectivity index (χ0) is 15.6. The second-order valence-corrected chi connectivity index (χ2v) is 5.51. The molecule has 136 valence electrons. The molecule has 0 heterocycles. The Balaban J connectivity index is -0.000000240. The van der Waals surface area contributed by atoms with Gasteiger partial charge >= 0.3 is 0 Å². The quantitative estimate of drug-likeness (QED) is 0.348. The van der Waals surface area contributed by atoms with Crippen molar-refractivity contribution in [2.45, 2.75) is 86.0 Å². The van der Waals surface area contributed by atoms with E-state index in [9.17, 15) is 0 Å². The van der Waals surface area contributed by atoms with E-state index in [0.717, 1.165) is 6.42 Å². The molecule has 0 bridgehead atoms. The predicted molar refractivity (Wildman–Crippen MR) is 107 cm³/mol. The molecule has 22 heavy (non-hydrogen) atoms. The van der Waals surface area contributed by atoms with Gasteiger partial charge in [0.2, 0.25) is 0 Å². The van der Waals surface area contributed by atoms with Gasteiger partial charge in [-0.3, -0.25) is 0 Å². The van der Waals surface area contributed by atoms with Crippen LogP contribution in [0.3, 0.4) is 0 Å². The summed E-state index contributed by atoms with van der Waals surface area (Å²) in [5.41, 5.74) is 9.62. The molecule has 0 spiro atoms. The molecular formula is C16H38N2O2S2. The number of nitrogens with two attached hydrogens (primary N) is 2. The minimum atomic E-state index is -0.500. The van der Waals surface area contributed by atoms with E-state index in [2.05, 4.69) is 37.1 Å². The van der Waals surface area contributed by atoms with Crippen LogP contribution in [0, 0.1) is 0 Å². The Bertz CT molecular complexity index is 236. The van der Waals surface area contributed by atoms with Crippen molar-refractivity contribution in [2.24, 2.45) is 11.5 Å². The van der Waals surface area contributed by atoms with Gasteiger partial charge in [0.05, 0.1) is 6.61 Å². The highest BCUT2D eigenvalue weighted by Crippen LogP contribution is 2.10. The lowest BCUT2D eigenvalue weighted by Crippen LogP contribution is -2.13. The summed E-state index contributed by atoms with van der Waals surface area (Å²) in [7, 11) is 0. The van der Waals surface area contributed by atoms with E-state index in [-0.39, 0.29) is 20.0 Å². The fourth-order valence-electron chi connectivity index (χ4n) is 1.76. The van der Waals surface area contributed by atoms with Gasteiger partial charge in [0.15, 0.2) is 0 Å². The fourth-order valence-corrected chi connectivity index (χ4v) is 1.85. The van der Waals surface area contributed by atoms with Crippen molar-refractivity contribution in [1.29, 1.82) is 0 Å². The van der Waals surface area contributed by atoms with Crippen LogP contribution in [0.4, 0.5) is 0 Å². The highest BCUT2D eigenvalue weighted by molar-refractivity contribution is 7.80. The van der Waals surface area contributed by atoms with Gasteiger partial charge < -0.3 is 21.3 Å². The largest absolute Gasteiger partial charge is 0.487 e. The molecule has 0 aromatic carbocycles. The zero-order valence-electron chi connectivity index (χ0n) is 12.6. The van der Waals surface area contributed by atoms with E-state index >= 15 is 0 Å². The van der Waals surface area contributed by atoms with Crippen molar-refractivity contribution in [1.82, 2.24) is 0 Å². The third-order valence-corrected chi connectivity index (χ3v) is 2.86. The van der Waals surface area contributed by atoms with Crippen molar-refractivity contribution in [2.75, 3.05) is 6.61 Å². The van der Waals surface area contributed by atoms with E-state index < -0.39 is 5.17 Å². The summed E-state index contributed by atoms with van der Waals surface area (Å²) in [6, 6.07) is 0. The van der Waals surface area contributed by atoms with Crippen LogP contribution >= 0.6 is 24.4 Å². The van der Waals surface area contributed by atoms with Crippen LogP contribution < -0.4 is 11.5 Å². The Morgan fingerprint density at radius 3 is 1.45 bits per heavy atom. The SMILES string of the molecule is C.C.CCCCCCCCCCCCOC(N)=S.NC(O)=S. The first kappa shape index (κ1) is 29.4. The number of unbranched alkanes of at least 4 members (excludes halogenated alkanes) is 9. The Hall–Kier alpha value is -0.620. The molecule has 0 amide bonds. The first-order valence-electron chi connectivity index (χ1n) is 7.41. The molecule has 0 unspecified atom stereocenters. The Kier molecular flexibility index (Phi) is 33.9. The summed E-state index contributed by atoms with van der Waals surface area (Å²) in [5, 5.41) is 7.24. The molecule has 0 aromatic rings. The topological polar surface area (TPSA) is 81.5 Å². The maximum Gasteiger partial charge on any atom is 0.253 e. The van der Waals surface area contributed by atoms with Gasteiger partial charge in [-0.2, -0.15) is 0 Å². The van der Waals surface area contributed by atoms with Gasteiger partial charge in [-0.15, -0.1) is 0 Å². The minimum Gasteiger partial charge on any atom is -0.487 e. The van der Waals surface area contributed by atoms with Crippen LogP contribution in [0.25, 0.3) is 0 Å². The fraction of sp³-hybridized carbons (Fsp3) is 0.875. The maximum absolute atomic E-state index is 7.56. The van der Waals surface area contributed by atoms with Gasteiger partial charge in [-0.05, 0) is 30.9 Å². The average Bonchev–Trinajstić information content (AvgIpc) is 2.35. The van der Waals surface area contributed by atoms with Crippen molar-refractivity contribution in [3.8, 4) is 0 Å². The predicted octanol–water partition coefficient (Wildman–Crippen LogP) is 5.23. The number of aliphatic hydroxyl groups is 1. The molecule has 0 aliphatic carbocycles. The summed E-state index contributed by atoms with van der Waals surface area (Å²) < 4.78 is 5.02. The Morgan fingerprint density at radius 2 is 1.14 bits per heavy atom. The van der Waals surface area contributed by atoms with Gasteiger partial charge in [0.25, 0.3) is 10.3 Å². The molecular weight excluding hydrogens is 316 g/mol. The van der Waals surface area contributed by atoms with Crippen molar-refractivity contribution in [3.05, 3.63) is 0 Å². The smallest absolute Gasteiger partial charge is 0.253 e. The first-order chi connectivity index (χ1) is 9.50. The van der Waals surface area contributed by atoms with Crippen LogP contribution in [0.5, 0.6) is 0 Å². The highest BCUT2D eigenvalue weighted by atomic mass is 32.1. The standard InChI is InChI=1S/C13H27NOS.CH3NOS.2CH4/c1-2-3-4-5-6-7-8-9-10-11-12-15-13(14)16;2-1(3)4;;/h2-12H2,1H3,(H2,14,16);(H3,2,3,4);2*1H4. The molecule has 0 aliphatic rings. The summed E-state index contributed by atoms with van der Waals surface area (Å²) in [6.07, 6.45) is 13.3. The summed E-state index contributed by atoms with van der Waals surface area (Å²) in [5.74, 6) is 0. The average molecular weight is 355 g/mol. The molecule has 0 radical (unpaired) electrons. The van der Waals surface area contributed by atoms with E-state index in [1.54, 1.807) is 0 Å². The summed E-state index contributed by atoms with van der Waals surface area (Å²) >= 11 is 8.49. The van der Waals surface area contributed by atoms with Crippen molar-refractivity contribution >= 4 is 34.8 Å². The van der Waals surface area contributed by atoms with Crippen LogP contribution in [-0.4, -0.2) is 22.1 Å². The molecule has 5 N–H and O–H groups in total. The van der Waals surface area contributed by atoms with E-state index in [1.165, 1.54) is 57.8 Å². The highest BCUT2D eigenvalue weighted by Gasteiger charge is 1.93. The second kappa shape index (κ2) is 25.3. The van der Waals surface area contributed by atoms with E-state index in [4.69, 9.17) is 15.6 Å². The van der Waals surface area contributed by atoms with Gasteiger partial charge in [-0.25, -0.2) is 0 Å². The number of aliphatic hydroxyl groups excluding tert-OH is 1. The monoisotopic (exact) mass is 354 g/mol. The first-order valence-corrected chi connectivity index (χ1v) is 8.23. The second-order valence-electron chi connectivity index (χ2n) is 4.69. The lowest BCUT2D eigenvalue weighted by atomic mass is 10.1. The molecule has 0 atom stereocenters. The van der Waals surface area contributed by atoms with Gasteiger partial charge in [0, 0.05) is 0 Å². The Morgan fingerprint density at radius 1 is 0.818 bits per heavy atom. The number of hydrogen-bond donors (Lipinski definition) is 3. The molecule has 6 heteroatoms. The molecule has 0 aliphatic heterocycles. The molecule has 0 fully saturated rings. The number of thiocarbonyl (C=S) groups is 2. The maximum atomic E-state index is 7.56. The third kappa shape index (κ3) is 42.7. The molecule has 0 rings (SSSR count). The molecule has 0 saturated heterocycles. The summed E-state index contributed by atoms with van der Waals surface area (Å²) in [4.78, 5) is 0. The number of rotatable bonds is 11. The zero-order valence-corrected chi connectivity index (χ0v) is 14.2. The van der Waals surface area contributed by atoms with Crippen LogP contribution in [0.15, 0.2) is 0 Å². The lowest BCUT2D eigenvalue weighted by molar-refractivity contribution is 0.295.